The SMILES string of the molecule is CN(c1ccc(B2OC(C)(C)C(C)(C)O2)cn1)C1CCOCC1. The van der Waals surface area contributed by atoms with E-state index < -0.39 is 0 Å². The van der Waals surface area contributed by atoms with E-state index in [0.29, 0.717) is 6.04 Å². The number of rotatable bonds is 3. The Labute approximate surface area is 139 Å². The van der Waals surface area contributed by atoms with Crippen LogP contribution in [0.2, 0.25) is 0 Å². The number of hydrogen-bond acceptors (Lipinski definition) is 5. The molecule has 0 saturated carbocycles. The highest BCUT2D eigenvalue weighted by Gasteiger charge is 2.51. The van der Waals surface area contributed by atoms with Gasteiger partial charge in [-0.1, -0.05) is 6.07 Å². The van der Waals surface area contributed by atoms with Gasteiger partial charge >= 0.3 is 7.12 Å². The molecule has 0 bridgehead atoms. The summed E-state index contributed by atoms with van der Waals surface area (Å²) >= 11 is 0. The van der Waals surface area contributed by atoms with Crippen LogP contribution in [0.3, 0.4) is 0 Å². The predicted octanol–water partition coefficient (Wildman–Crippen LogP) is 2.00. The molecule has 3 rings (SSSR count). The summed E-state index contributed by atoms with van der Waals surface area (Å²) in [5.74, 6) is 0.983. The van der Waals surface area contributed by atoms with Crippen molar-refractivity contribution >= 4 is 18.4 Å². The maximum atomic E-state index is 6.07. The van der Waals surface area contributed by atoms with Gasteiger partial charge in [0.15, 0.2) is 0 Å². The molecule has 5 nitrogen and oxygen atoms in total. The Morgan fingerprint density at radius 1 is 1.09 bits per heavy atom. The Morgan fingerprint density at radius 2 is 1.70 bits per heavy atom. The summed E-state index contributed by atoms with van der Waals surface area (Å²) in [5, 5.41) is 0. The Kier molecular flexibility index (Phi) is 4.42. The molecule has 2 saturated heterocycles. The van der Waals surface area contributed by atoms with Gasteiger partial charge in [-0.05, 0) is 46.6 Å². The number of nitrogens with zero attached hydrogens (tertiary/aromatic N) is 2. The second-order valence-corrected chi connectivity index (χ2v) is 7.49. The summed E-state index contributed by atoms with van der Waals surface area (Å²) in [6, 6.07) is 4.61. The van der Waals surface area contributed by atoms with Crippen LogP contribution < -0.4 is 10.4 Å². The number of hydrogen-bond donors (Lipinski definition) is 0. The quantitative estimate of drug-likeness (QED) is 0.798. The summed E-state index contributed by atoms with van der Waals surface area (Å²) in [4.78, 5) is 6.87. The van der Waals surface area contributed by atoms with E-state index in [1.165, 1.54) is 0 Å². The van der Waals surface area contributed by atoms with Crippen LogP contribution >= 0.6 is 0 Å². The molecule has 0 atom stereocenters. The lowest BCUT2D eigenvalue weighted by Gasteiger charge is -2.32. The van der Waals surface area contributed by atoms with Gasteiger partial charge in [0, 0.05) is 38.0 Å². The van der Waals surface area contributed by atoms with E-state index in [-0.39, 0.29) is 18.3 Å². The third-order valence-corrected chi connectivity index (χ3v) is 5.40. The van der Waals surface area contributed by atoms with E-state index in [2.05, 4.69) is 56.8 Å². The van der Waals surface area contributed by atoms with Crippen LogP contribution in [0.15, 0.2) is 18.3 Å². The first kappa shape index (κ1) is 16.7. The van der Waals surface area contributed by atoms with Crippen LogP contribution in [-0.2, 0) is 14.0 Å². The maximum Gasteiger partial charge on any atom is 0.496 e. The Balaban J connectivity index is 1.70. The summed E-state index contributed by atoms with van der Waals surface area (Å²) < 4.78 is 17.6. The van der Waals surface area contributed by atoms with Gasteiger partial charge in [0.25, 0.3) is 0 Å². The molecule has 3 heterocycles. The van der Waals surface area contributed by atoms with Crippen molar-refractivity contribution in [3.05, 3.63) is 18.3 Å². The third kappa shape index (κ3) is 3.25. The molecule has 126 valence electrons. The molecule has 0 radical (unpaired) electrons. The van der Waals surface area contributed by atoms with Crippen LogP contribution in [0, 0.1) is 0 Å². The van der Waals surface area contributed by atoms with Crippen molar-refractivity contribution in [2.75, 3.05) is 25.2 Å². The smallest absolute Gasteiger partial charge is 0.399 e. The standard InChI is InChI=1S/C17H27BN2O3/c1-16(2)17(3,4)23-18(22-16)13-6-7-15(19-12-13)20(5)14-8-10-21-11-9-14/h6-7,12,14H,8-11H2,1-5H3. The lowest BCUT2D eigenvalue weighted by molar-refractivity contribution is 0.00578. The van der Waals surface area contributed by atoms with Crippen molar-refractivity contribution in [3.8, 4) is 0 Å². The average molecular weight is 318 g/mol. The molecule has 2 aliphatic rings. The molecule has 0 N–H and O–H groups in total. The fourth-order valence-corrected chi connectivity index (χ4v) is 2.98. The van der Waals surface area contributed by atoms with E-state index in [4.69, 9.17) is 14.0 Å². The molecule has 23 heavy (non-hydrogen) atoms. The first-order valence-electron chi connectivity index (χ1n) is 8.42. The van der Waals surface area contributed by atoms with Gasteiger partial charge in [0.05, 0.1) is 11.2 Å². The zero-order chi connectivity index (χ0) is 16.7. The van der Waals surface area contributed by atoms with Crippen molar-refractivity contribution in [2.45, 2.75) is 57.8 Å². The van der Waals surface area contributed by atoms with Crippen molar-refractivity contribution in [1.29, 1.82) is 0 Å². The zero-order valence-corrected chi connectivity index (χ0v) is 14.8. The first-order valence-corrected chi connectivity index (χ1v) is 8.42. The summed E-state index contributed by atoms with van der Waals surface area (Å²) in [7, 11) is 1.75. The van der Waals surface area contributed by atoms with E-state index in [1.807, 2.05) is 6.20 Å². The topological polar surface area (TPSA) is 43.8 Å². The molecule has 2 fully saturated rings. The van der Waals surface area contributed by atoms with Gasteiger partial charge in [0.2, 0.25) is 0 Å². The first-order chi connectivity index (χ1) is 10.8. The predicted molar refractivity (Wildman–Crippen MR) is 92.2 cm³/mol. The molecule has 0 amide bonds. The monoisotopic (exact) mass is 318 g/mol. The summed E-state index contributed by atoms with van der Waals surface area (Å²) in [6.07, 6.45) is 3.97. The van der Waals surface area contributed by atoms with E-state index in [9.17, 15) is 0 Å². The van der Waals surface area contributed by atoms with Crippen molar-refractivity contribution in [3.63, 3.8) is 0 Å². The zero-order valence-electron chi connectivity index (χ0n) is 14.8. The lowest BCUT2D eigenvalue weighted by atomic mass is 9.80. The van der Waals surface area contributed by atoms with Crippen LogP contribution in [0.1, 0.15) is 40.5 Å². The van der Waals surface area contributed by atoms with Gasteiger partial charge in [-0.15, -0.1) is 0 Å². The van der Waals surface area contributed by atoms with Gasteiger partial charge in [0.1, 0.15) is 5.82 Å². The summed E-state index contributed by atoms with van der Waals surface area (Å²) in [5.41, 5.74) is 0.317. The van der Waals surface area contributed by atoms with Crippen LogP contribution in [0.25, 0.3) is 0 Å². The fourth-order valence-electron chi connectivity index (χ4n) is 2.98. The highest BCUT2D eigenvalue weighted by molar-refractivity contribution is 6.62. The molecular weight excluding hydrogens is 291 g/mol. The van der Waals surface area contributed by atoms with Gasteiger partial charge in [-0.25, -0.2) is 4.98 Å². The van der Waals surface area contributed by atoms with E-state index >= 15 is 0 Å². The van der Waals surface area contributed by atoms with Crippen LogP contribution in [-0.4, -0.2) is 49.6 Å². The number of pyridine rings is 1. The largest absolute Gasteiger partial charge is 0.496 e. The number of ether oxygens (including phenoxy) is 1. The lowest BCUT2D eigenvalue weighted by Crippen LogP contribution is -2.41. The Bertz CT molecular complexity index is 525. The van der Waals surface area contributed by atoms with Crippen molar-refractivity contribution in [1.82, 2.24) is 4.98 Å². The minimum absolute atomic E-state index is 0.324. The van der Waals surface area contributed by atoms with Crippen LogP contribution in [0.4, 0.5) is 5.82 Å². The highest BCUT2D eigenvalue weighted by atomic mass is 16.7. The highest BCUT2D eigenvalue weighted by Crippen LogP contribution is 2.36. The second kappa shape index (κ2) is 6.08. The van der Waals surface area contributed by atoms with Gasteiger partial charge in [-0.3, -0.25) is 0 Å². The summed E-state index contributed by atoms with van der Waals surface area (Å²) in [6.45, 7) is 9.92. The van der Waals surface area contributed by atoms with Crippen molar-refractivity contribution in [2.24, 2.45) is 0 Å². The second-order valence-electron chi connectivity index (χ2n) is 7.49. The molecule has 0 unspecified atom stereocenters. The fraction of sp³-hybridized carbons (Fsp3) is 0.706. The average Bonchev–Trinajstić information content (AvgIpc) is 2.76. The molecule has 0 aromatic carbocycles. The minimum Gasteiger partial charge on any atom is -0.399 e. The van der Waals surface area contributed by atoms with Crippen molar-refractivity contribution < 1.29 is 14.0 Å². The Morgan fingerprint density at radius 3 is 2.22 bits per heavy atom. The molecule has 0 spiro atoms. The molecule has 1 aromatic rings. The number of aromatic nitrogens is 1. The Hall–Kier alpha value is -1.11. The van der Waals surface area contributed by atoms with Gasteiger partial charge in [-0.2, -0.15) is 0 Å². The molecule has 2 aliphatic heterocycles. The molecule has 0 aliphatic carbocycles. The third-order valence-electron chi connectivity index (χ3n) is 5.40. The minimum atomic E-state index is -0.352. The van der Waals surface area contributed by atoms with E-state index in [1.54, 1.807) is 0 Å². The molecular formula is C17H27BN2O3. The molecule has 6 heteroatoms. The van der Waals surface area contributed by atoms with Crippen LogP contribution in [0.5, 0.6) is 0 Å². The maximum absolute atomic E-state index is 6.07. The molecule has 1 aromatic heterocycles. The number of anilines is 1. The van der Waals surface area contributed by atoms with Gasteiger partial charge < -0.3 is 18.9 Å². The van der Waals surface area contributed by atoms with E-state index in [0.717, 1.165) is 37.3 Å². The normalized spacial score (nSPS) is 24.0.